The van der Waals surface area contributed by atoms with E-state index in [4.69, 9.17) is 4.74 Å². The second-order valence-electron chi connectivity index (χ2n) is 5.80. The van der Waals surface area contributed by atoms with E-state index >= 15 is 0 Å². The van der Waals surface area contributed by atoms with E-state index in [1.54, 1.807) is 11.8 Å². The molecule has 4 nitrogen and oxygen atoms in total. The van der Waals surface area contributed by atoms with E-state index in [1.165, 1.54) is 6.92 Å². The Labute approximate surface area is 147 Å². The standard InChI is InChI=1S/C19H23NO3S/c1-13-8-14(2)10-18(9-13)23-11-17(22)12-24-19-6-4-16(5-7-19)20-15(3)21/h4-10,17,22H,11-12H2,1-3H3,(H,20,21)/t17-/m0/s1. The summed E-state index contributed by atoms with van der Waals surface area (Å²) in [4.78, 5) is 12.0. The summed E-state index contributed by atoms with van der Waals surface area (Å²) in [7, 11) is 0. The van der Waals surface area contributed by atoms with Crippen LogP contribution in [0.2, 0.25) is 0 Å². The van der Waals surface area contributed by atoms with Crippen molar-refractivity contribution in [3.63, 3.8) is 0 Å². The zero-order valence-corrected chi connectivity index (χ0v) is 15.0. The molecule has 1 amide bonds. The molecule has 2 N–H and O–H groups in total. The van der Waals surface area contributed by atoms with Crippen molar-refractivity contribution in [3.05, 3.63) is 53.6 Å². The van der Waals surface area contributed by atoms with Crippen LogP contribution in [0.15, 0.2) is 47.4 Å². The molecule has 0 unspecified atom stereocenters. The van der Waals surface area contributed by atoms with Gasteiger partial charge in [0.1, 0.15) is 12.4 Å². The molecule has 0 aromatic heterocycles. The van der Waals surface area contributed by atoms with Gasteiger partial charge in [0.2, 0.25) is 5.91 Å². The number of carbonyl (C=O) groups is 1. The molecule has 0 saturated heterocycles. The smallest absolute Gasteiger partial charge is 0.221 e. The SMILES string of the molecule is CC(=O)Nc1ccc(SC[C@@H](O)COc2cc(C)cc(C)c2)cc1. The van der Waals surface area contributed by atoms with Crippen LogP contribution in [0.1, 0.15) is 18.1 Å². The molecule has 0 aliphatic rings. The van der Waals surface area contributed by atoms with Gasteiger partial charge in [-0.15, -0.1) is 11.8 Å². The highest BCUT2D eigenvalue weighted by Gasteiger charge is 2.07. The first kappa shape index (κ1) is 18.4. The van der Waals surface area contributed by atoms with Gasteiger partial charge < -0.3 is 15.2 Å². The monoisotopic (exact) mass is 345 g/mol. The number of aliphatic hydroxyl groups is 1. The van der Waals surface area contributed by atoms with E-state index in [1.807, 2.05) is 50.2 Å². The molecule has 0 saturated carbocycles. The maximum absolute atomic E-state index is 11.0. The van der Waals surface area contributed by atoms with Crippen LogP contribution >= 0.6 is 11.8 Å². The van der Waals surface area contributed by atoms with Gasteiger partial charge in [0.25, 0.3) is 0 Å². The Morgan fingerprint density at radius 3 is 2.38 bits per heavy atom. The number of aryl methyl sites for hydroxylation is 2. The maximum atomic E-state index is 11.0. The Bertz CT molecular complexity index is 665. The van der Waals surface area contributed by atoms with Crippen molar-refractivity contribution in [2.75, 3.05) is 17.7 Å². The second-order valence-corrected chi connectivity index (χ2v) is 6.90. The molecule has 0 aliphatic heterocycles. The lowest BCUT2D eigenvalue weighted by Crippen LogP contribution is -2.20. The first-order valence-electron chi connectivity index (χ1n) is 7.82. The average molecular weight is 345 g/mol. The number of hydrogen-bond acceptors (Lipinski definition) is 4. The van der Waals surface area contributed by atoms with E-state index in [2.05, 4.69) is 11.4 Å². The number of carbonyl (C=O) groups excluding carboxylic acids is 1. The molecule has 128 valence electrons. The zero-order chi connectivity index (χ0) is 17.5. The summed E-state index contributed by atoms with van der Waals surface area (Å²) < 4.78 is 5.67. The number of amides is 1. The molecule has 0 fully saturated rings. The summed E-state index contributed by atoms with van der Waals surface area (Å²) in [5.74, 6) is 1.25. The zero-order valence-electron chi connectivity index (χ0n) is 14.2. The molecule has 0 aliphatic carbocycles. The molecule has 1 atom stereocenters. The van der Waals surface area contributed by atoms with Crippen molar-refractivity contribution in [2.45, 2.75) is 31.8 Å². The van der Waals surface area contributed by atoms with Crippen LogP contribution in [0.25, 0.3) is 0 Å². The van der Waals surface area contributed by atoms with E-state index in [9.17, 15) is 9.90 Å². The number of benzene rings is 2. The van der Waals surface area contributed by atoms with E-state index < -0.39 is 6.10 Å². The van der Waals surface area contributed by atoms with Crippen LogP contribution in [-0.4, -0.2) is 29.5 Å². The van der Waals surface area contributed by atoms with E-state index in [-0.39, 0.29) is 12.5 Å². The molecule has 0 spiro atoms. The van der Waals surface area contributed by atoms with Crippen molar-refractivity contribution in [2.24, 2.45) is 0 Å². The van der Waals surface area contributed by atoms with Crippen molar-refractivity contribution in [3.8, 4) is 5.75 Å². The summed E-state index contributed by atoms with van der Waals surface area (Å²) in [6.45, 7) is 5.79. The highest BCUT2D eigenvalue weighted by atomic mass is 32.2. The average Bonchev–Trinajstić information content (AvgIpc) is 2.51. The van der Waals surface area contributed by atoms with Gasteiger partial charge in [0.05, 0.1) is 6.10 Å². The minimum absolute atomic E-state index is 0.0886. The molecular formula is C19H23NO3S. The predicted molar refractivity (Wildman–Crippen MR) is 98.9 cm³/mol. The quantitative estimate of drug-likeness (QED) is 0.750. The first-order chi connectivity index (χ1) is 11.4. The van der Waals surface area contributed by atoms with Gasteiger partial charge in [-0.1, -0.05) is 6.07 Å². The number of hydrogen-bond donors (Lipinski definition) is 2. The molecular weight excluding hydrogens is 322 g/mol. The maximum Gasteiger partial charge on any atom is 0.221 e. The fraction of sp³-hybridized carbons (Fsp3) is 0.316. The van der Waals surface area contributed by atoms with Gasteiger partial charge in [-0.2, -0.15) is 0 Å². The molecule has 0 heterocycles. The largest absolute Gasteiger partial charge is 0.491 e. The number of nitrogens with one attached hydrogen (secondary N) is 1. The summed E-state index contributed by atoms with van der Waals surface area (Å²) in [5.41, 5.74) is 3.06. The van der Waals surface area contributed by atoms with Gasteiger partial charge in [-0.3, -0.25) is 4.79 Å². The molecule has 2 rings (SSSR count). The van der Waals surface area contributed by atoms with Crippen molar-refractivity contribution < 1.29 is 14.6 Å². The number of anilines is 1. The second kappa shape index (κ2) is 8.76. The predicted octanol–water partition coefficient (Wildman–Crippen LogP) is 3.79. The minimum Gasteiger partial charge on any atom is -0.491 e. The van der Waals surface area contributed by atoms with Gasteiger partial charge in [0.15, 0.2) is 0 Å². The van der Waals surface area contributed by atoms with Gasteiger partial charge in [-0.05, 0) is 61.4 Å². The first-order valence-corrected chi connectivity index (χ1v) is 8.80. The Hall–Kier alpha value is -1.98. The van der Waals surface area contributed by atoms with Crippen LogP contribution in [0.3, 0.4) is 0 Å². The van der Waals surface area contributed by atoms with E-state index in [0.29, 0.717) is 5.75 Å². The van der Waals surface area contributed by atoms with Crippen LogP contribution in [0, 0.1) is 13.8 Å². The van der Waals surface area contributed by atoms with Gasteiger partial charge in [0, 0.05) is 23.3 Å². The van der Waals surface area contributed by atoms with Crippen molar-refractivity contribution >= 4 is 23.4 Å². The summed E-state index contributed by atoms with van der Waals surface area (Å²) in [6, 6.07) is 13.6. The lowest BCUT2D eigenvalue weighted by molar-refractivity contribution is -0.114. The van der Waals surface area contributed by atoms with Crippen LogP contribution in [-0.2, 0) is 4.79 Å². The Morgan fingerprint density at radius 2 is 1.79 bits per heavy atom. The lowest BCUT2D eigenvalue weighted by Gasteiger charge is -2.13. The molecule has 2 aromatic rings. The number of rotatable bonds is 7. The highest BCUT2D eigenvalue weighted by Crippen LogP contribution is 2.22. The summed E-state index contributed by atoms with van der Waals surface area (Å²) in [6.07, 6.45) is -0.550. The summed E-state index contributed by atoms with van der Waals surface area (Å²) >= 11 is 1.55. The van der Waals surface area contributed by atoms with Gasteiger partial charge in [-0.25, -0.2) is 0 Å². The molecule has 0 radical (unpaired) electrons. The number of aliphatic hydroxyl groups excluding tert-OH is 1. The van der Waals surface area contributed by atoms with Crippen LogP contribution in [0.5, 0.6) is 5.75 Å². The normalized spacial score (nSPS) is 11.8. The third-order valence-corrected chi connectivity index (χ3v) is 4.41. The summed E-state index contributed by atoms with van der Waals surface area (Å²) in [5, 5.41) is 12.8. The molecule has 24 heavy (non-hydrogen) atoms. The molecule has 5 heteroatoms. The van der Waals surface area contributed by atoms with Crippen molar-refractivity contribution in [1.29, 1.82) is 0 Å². The highest BCUT2D eigenvalue weighted by molar-refractivity contribution is 7.99. The third-order valence-electron chi connectivity index (χ3n) is 3.25. The van der Waals surface area contributed by atoms with Crippen molar-refractivity contribution in [1.82, 2.24) is 0 Å². The Balaban J connectivity index is 1.78. The fourth-order valence-electron chi connectivity index (χ4n) is 2.29. The Morgan fingerprint density at radius 1 is 1.17 bits per heavy atom. The minimum atomic E-state index is -0.550. The van der Waals surface area contributed by atoms with Crippen LogP contribution in [0.4, 0.5) is 5.69 Å². The van der Waals surface area contributed by atoms with E-state index in [0.717, 1.165) is 27.5 Å². The number of thioether (sulfide) groups is 1. The number of ether oxygens (including phenoxy) is 1. The molecule has 2 aromatic carbocycles. The third kappa shape index (κ3) is 6.26. The lowest BCUT2D eigenvalue weighted by atomic mass is 10.1. The van der Waals surface area contributed by atoms with Crippen LogP contribution < -0.4 is 10.1 Å². The molecule has 0 bridgehead atoms. The Kier molecular flexibility index (Phi) is 6.70. The topological polar surface area (TPSA) is 58.6 Å². The fourth-order valence-corrected chi connectivity index (χ4v) is 3.10. The van der Waals surface area contributed by atoms with Gasteiger partial charge >= 0.3 is 0 Å².